The summed E-state index contributed by atoms with van der Waals surface area (Å²) in [6.45, 7) is 0.401. The van der Waals surface area contributed by atoms with Crippen LogP contribution < -0.4 is 11.0 Å². The summed E-state index contributed by atoms with van der Waals surface area (Å²) in [5.74, 6) is 0.159. The van der Waals surface area contributed by atoms with Crippen molar-refractivity contribution in [3.63, 3.8) is 0 Å². The van der Waals surface area contributed by atoms with E-state index in [1.165, 1.54) is 23.7 Å². The number of carbonyl (C=O) groups is 1. The van der Waals surface area contributed by atoms with Gasteiger partial charge in [0.25, 0.3) is 0 Å². The number of nitrogens with one attached hydrogen (secondary N) is 1. The van der Waals surface area contributed by atoms with Crippen LogP contribution in [-0.4, -0.2) is 26.8 Å². The molecule has 0 unspecified atom stereocenters. The predicted octanol–water partition coefficient (Wildman–Crippen LogP) is 2.96. The van der Waals surface area contributed by atoms with Crippen LogP contribution in [-0.2, 0) is 24.6 Å². The molecule has 1 saturated carbocycles. The van der Waals surface area contributed by atoms with Crippen molar-refractivity contribution in [2.75, 3.05) is 6.54 Å². The molecule has 1 aromatic carbocycles. The smallest absolute Gasteiger partial charge is 0.354 e. The van der Waals surface area contributed by atoms with Crippen LogP contribution in [0.25, 0.3) is 11.4 Å². The zero-order chi connectivity index (χ0) is 20.3. The second-order valence-corrected chi connectivity index (χ2v) is 7.09. The summed E-state index contributed by atoms with van der Waals surface area (Å²) in [7, 11) is 1.46. The lowest BCUT2D eigenvalue weighted by molar-refractivity contribution is -0.137. The van der Waals surface area contributed by atoms with Gasteiger partial charge in [0.15, 0.2) is 5.82 Å². The fourth-order valence-corrected chi connectivity index (χ4v) is 3.51. The lowest BCUT2D eigenvalue weighted by atomic mass is 9.89. The minimum Gasteiger partial charge on any atom is -0.354 e. The number of alkyl halides is 3. The first-order valence-electron chi connectivity index (χ1n) is 9.36. The number of benzene rings is 1. The highest BCUT2D eigenvalue weighted by atomic mass is 19.4. The maximum atomic E-state index is 12.9. The van der Waals surface area contributed by atoms with Crippen LogP contribution in [0.1, 0.15) is 37.7 Å². The van der Waals surface area contributed by atoms with E-state index in [9.17, 15) is 22.8 Å². The standard InChI is InChI=1S/C19H23F3N4O2/c1-25-16(14-8-5-9-15(12-14)19(20,21)22)24-26(18(25)28)11-10-23-17(27)13-6-3-2-4-7-13/h5,8-9,12-13H,2-4,6-7,10-11H2,1H3,(H,23,27). The second kappa shape index (κ2) is 8.20. The van der Waals surface area contributed by atoms with Crippen LogP contribution in [0.15, 0.2) is 29.1 Å². The maximum Gasteiger partial charge on any atom is 0.416 e. The average Bonchev–Trinajstić information content (AvgIpc) is 2.96. The van der Waals surface area contributed by atoms with E-state index in [1.807, 2.05) is 0 Å². The van der Waals surface area contributed by atoms with Crippen LogP contribution in [0.2, 0.25) is 0 Å². The Labute approximate surface area is 160 Å². The third-order valence-corrected chi connectivity index (χ3v) is 5.09. The van der Waals surface area contributed by atoms with Gasteiger partial charge >= 0.3 is 11.9 Å². The molecule has 6 nitrogen and oxygen atoms in total. The summed E-state index contributed by atoms with van der Waals surface area (Å²) in [4.78, 5) is 24.5. The van der Waals surface area contributed by atoms with Gasteiger partial charge in [0, 0.05) is 25.1 Å². The number of carbonyl (C=O) groups excluding carboxylic acids is 1. The molecule has 2 aromatic rings. The Bertz CT molecular complexity index is 895. The van der Waals surface area contributed by atoms with Crippen molar-refractivity contribution >= 4 is 5.91 Å². The van der Waals surface area contributed by atoms with Gasteiger partial charge in [-0.3, -0.25) is 9.36 Å². The highest BCUT2D eigenvalue weighted by Crippen LogP contribution is 2.31. The van der Waals surface area contributed by atoms with Gasteiger partial charge in [-0.25, -0.2) is 9.48 Å². The Morgan fingerprint density at radius 3 is 2.64 bits per heavy atom. The van der Waals surface area contributed by atoms with Crippen molar-refractivity contribution in [3.05, 3.63) is 40.3 Å². The van der Waals surface area contributed by atoms with Gasteiger partial charge in [0.05, 0.1) is 12.1 Å². The van der Waals surface area contributed by atoms with E-state index in [2.05, 4.69) is 10.4 Å². The Hall–Kier alpha value is -2.58. The highest BCUT2D eigenvalue weighted by Gasteiger charge is 2.31. The largest absolute Gasteiger partial charge is 0.416 e. The van der Waals surface area contributed by atoms with Crippen molar-refractivity contribution in [1.82, 2.24) is 19.7 Å². The number of hydrogen-bond acceptors (Lipinski definition) is 3. The molecule has 0 saturated heterocycles. The van der Waals surface area contributed by atoms with Crippen LogP contribution in [0.5, 0.6) is 0 Å². The van der Waals surface area contributed by atoms with E-state index in [4.69, 9.17) is 0 Å². The highest BCUT2D eigenvalue weighted by molar-refractivity contribution is 5.78. The van der Waals surface area contributed by atoms with E-state index in [0.717, 1.165) is 48.9 Å². The van der Waals surface area contributed by atoms with Gasteiger partial charge < -0.3 is 5.32 Å². The van der Waals surface area contributed by atoms with Crippen LogP contribution in [0, 0.1) is 5.92 Å². The zero-order valence-corrected chi connectivity index (χ0v) is 15.6. The second-order valence-electron chi connectivity index (χ2n) is 7.09. The normalized spacial score (nSPS) is 15.6. The summed E-state index contributed by atoms with van der Waals surface area (Å²) in [5, 5.41) is 6.99. The molecule has 0 aliphatic heterocycles. The summed E-state index contributed by atoms with van der Waals surface area (Å²) in [5.41, 5.74) is -1.04. The summed E-state index contributed by atoms with van der Waals surface area (Å²) in [6.07, 6.45) is 0.562. The molecule has 0 radical (unpaired) electrons. The molecular weight excluding hydrogens is 373 g/mol. The Morgan fingerprint density at radius 1 is 1.25 bits per heavy atom. The van der Waals surface area contributed by atoms with Gasteiger partial charge in [-0.1, -0.05) is 31.4 Å². The molecule has 28 heavy (non-hydrogen) atoms. The van der Waals surface area contributed by atoms with Crippen molar-refractivity contribution in [1.29, 1.82) is 0 Å². The Morgan fingerprint density at radius 2 is 1.96 bits per heavy atom. The predicted molar refractivity (Wildman–Crippen MR) is 97.5 cm³/mol. The first-order valence-corrected chi connectivity index (χ1v) is 9.36. The molecule has 1 aromatic heterocycles. The number of rotatable bonds is 5. The molecular formula is C19H23F3N4O2. The van der Waals surface area contributed by atoms with E-state index in [-0.39, 0.29) is 36.3 Å². The van der Waals surface area contributed by atoms with Gasteiger partial charge in [0.1, 0.15) is 0 Å². The van der Waals surface area contributed by atoms with E-state index in [0.29, 0.717) is 0 Å². The molecule has 1 heterocycles. The monoisotopic (exact) mass is 396 g/mol. The number of aromatic nitrogens is 3. The molecule has 0 bridgehead atoms. The van der Waals surface area contributed by atoms with Crippen molar-refractivity contribution in [2.24, 2.45) is 13.0 Å². The quantitative estimate of drug-likeness (QED) is 0.845. The molecule has 1 aliphatic rings. The van der Waals surface area contributed by atoms with Crippen molar-refractivity contribution in [3.8, 4) is 11.4 Å². The molecule has 1 aliphatic carbocycles. The molecule has 152 valence electrons. The van der Waals surface area contributed by atoms with Gasteiger partial charge in [-0.2, -0.15) is 13.2 Å². The Kier molecular flexibility index (Phi) is 5.90. The molecule has 3 rings (SSSR count). The van der Waals surface area contributed by atoms with Gasteiger partial charge in [-0.05, 0) is 25.0 Å². The van der Waals surface area contributed by atoms with Crippen LogP contribution >= 0.6 is 0 Å². The zero-order valence-electron chi connectivity index (χ0n) is 15.6. The number of hydrogen-bond donors (Lipinski definition) is 1. The lowest BCUT2D eigenvalue weighted by Crippen LogP contribution is -2.36. The first kappa shape index (κ1) is 20.2. The Balaban J connectivity index is 1.70. The summed E-state index contributed by atoms with van der Waals surface area (Å²) in [6, 6.07) is 4.70. The van der Waals surface area contributed by atoms with E-state index in [1.54, 1.807) is 0 Å². The lowest BCUT2D eigenvalue weighted by Gasteiger charge is -2.20. The molecule has 0 spiro atoms. The van der Waals surface area contributed by atoms with Crippen molar-refractivity contribution < 1.29 is 18.0 Å². The fraction of sp³-hybridized carbons (Fsp3) is 0.526. The third kappa shape index (κ3) is 4.45. The van der Waals surface area contributed by atoms with Crippen LogP contribution in [0.4, 0.5) is 13.2 Å². The van der Waals surface area contributed by atoms with Gasteiger partial charge in [-0.15, -0.1) is 5.10 Å². The SMILES string of the molecule is Cn1c(-c2cccc(C(F)(F)F)c2)nn(CCNC(=O)C2CCCCC2)c1=O. The summed E-state index contributed by atoms with van der Waals surface area (Å²) < 4.78 is 41.2. The van der Waals surface area contributed by atoms with Crippen molar-refractivity contribution in [2.45, 2.75) is 44.8 Å². The molecule has 0 atom stereocenters. The molecule has 1 fully saturated rings. The number of amides is 1. The minimum atomic E-state index is -4.47. The van der Waals surface area contributed by atoms with E-state index >= 15 is 0 Å². The minimum absolute atomic E-state index is 0.0122. The van der Waals surface area contributed by atoms with Crippen LogP contribution in [0.3, 0.4) is 0 Å². The topological polar surface area (TPSA) is 68.9 Å². The summed E-state index contributed by atoms with van der Waals surface area (Å²) >= 11 is 0. The maximum absolute atomic E-state index is 12.9. The van der Waals surface area contributed by atoms with Gasteiger partial charge in [0.2, 0.25) is 5.91 Å². The fourth-order valence-electron chi connectivity index (χ4n) is 3.51. The number of halogens is 3. The number of nitrogens with zero attached hydrogens (tertiary/aromatic N) is 3. The van der Waals surface area contributed by atoms with E-state index < -0.39 is 17.4 Å². The molecule has 1 amide bonds. The average molecular weight is 396 g/mol. The molecule has 9 heteroatoms. The first-order chi connectivity index (χ1) is 13.3. The molecule has 1 N–H and O–H groups in total. The third-order valence-electron chi connectivity index (χ3n) is 5.09.